The maximum atomic E-state index is 12.9. The van der Waals surface area contributed by atoms with E-state index in [1.54, 1.807) is 12.1 Å². The van der Waals surface area contributed by atoms with E-state index in [9.17, 15) is 4.39 Å². The number of rotatable bonds is 8. The zero-order chi connectivity index (χ0) is 12.5. The van der Waals surface area contributed by atoms with E-state index in [2.05, 4.69) is 12.2 Å². The van der Waals surface area contributed by atoms with E-state index in [1.165, 1.54) is 31.4 Å². The summed E-state index contributed by atoms with van der Waals surface area (Å²) in [7, 11) is 0. The number of hydrogen-bond acceptors (Lipinski definition) is 2. The van der Waals surface area contributed by atoms with Crippen LogP contribution in [0, 0.1) is 5.82 Å². The van der Waals surface area contributed by atoms with Crippen LogP contribution in [0.3, 0.4) is 0 Å². The molecule has 0 aromatic heterocycles. The van der Waals surface area contributed by atoms with Crippen LogP contribution in [0.5, 0.6) is 5.75 Å². The van der Waals surface area contributed by atoms with Crippen LogP contribution in [0.4, 0.5) is 4.39 Å². The lowest BCUT2D eigenvalue weighted by atomic mass is 10.2. The van der Waals surface area contributed by atoms with Crippen LogP contribution in [-0.4, -0.2) is 19.2 Å². The predicted molar refractivity (Wildman–Crippen MR) is 68.9 cm³/mol. The minimum atomic E-state index is -0.259. The molecule has 3 heteroatoms. The molecule has 0 aliphatic rings. The SMILES string of the molecule is CCCCCNCC(C)Oc1cccc(F)c1. The largest absolute Gasteiger partial charge is 0.489 e. The first-order chi connectivity index (χ1) is 8.22. The van der Waals surface area contributed by atoms with Gasteiger partial charge in [-0.3, -0.25) is 0 Å². The van der Waals surface area contributed by atoms with Crippen molar-refractivity contribution in [1.82, 2.24) is 5.32 Å². The Balaban J connectivity index is 2.18. The summed E-state index contributed by atoms with van der Waals surface area (Å²) >= 11 is 0. The minimum absolute atomic E-state index is 0.0541. The highest BCUT2D eigenvalue weighted by molar-refractivity contribution is 5.22. The van der Waals surface area contributed by atoms with Crippen LogP contribution in [0.15, 0.2) is 24.3 Å². The standard InChI is InChI=1S/C14H22FNO/c1-3-4-5-9-16-11-12(2)17-14-8-6-7-13(15)10-14/h6-8,10,12,16H,3-5,9,11H2,1-2H3. The molecule has 1 N–H and O–H groups in total. The molecular weight excluding hydrogens is 217 g/mol. The van der Waals surface area contributed by atoms with Crippen molar-refractivity contribution < 1.29 is 9.13 Å². The molecule has 0 aliphatic carbocycles. The third-order valence-electron chi connectivity index (χ3n) is 2.52. The Kier molecular flexibility index (Phi) is 6.63. The van der Waals surface area contributed by atoms with Gasteiger partial charge in [0.25, 0.3) is 0 Å². The molecule has 2 nitrogen and oxygen atoms in total. The molecule has 17 heavy (non-hydrogen) atoms. The fraction of sp³-hybridized carbons (Fsp3) is 0.571. The molecule has 0 bridgehead atoms. The van der Waals surface area contributed by atoms with Crippen LogP contribution in [0.25, 0.3) is 0 Å². The highest BCUT2D eigenvalue weighted by Crippen LogP contribution is 2.13. The van der Waals surface area contributed by atoms with Crippen LogP contribution in [0.1, 0.15) is 33.1 Å². The van der Waals surface area contributed by atoms with Gasteiger partial charge in [-0.25, -0.2) is 4.39 Å². The van der Waals surface area contributed by atoms with Gasteiger partial charge in [0.1, 0.15) is 17.7 Å². The Morgan fingerprint density at radius 2 is 2.18 bits per heavy atom. The number of nitrogens with one attached hydrogen (secondary N) is 1. The molecule has 0 radical (unpaired) electrons. The molecule has 0 saturated carbocycles. The van der Waals surface area contributed by atoms with Gasteiger partial charge < -0.3 is 10.1 Å². The van der Waals surface area contributed by atoms with Crippen LogP contribution in [0.2, 0.25) is 0 Å². The number of ether oxygens (including phenoxy) is 1. The molecule has 0 fully saturated rings. The molecule has 0 heterocycles. The summed E-state index contributed by atoms with van der Waals surface area (Å²) in [5.41, 5.74) is 0. The Bertz CT molecular complexity index is 317. The zero-order valence-electron chi connectivity index (χ0n) is 10.7. The second kappa shape index (κ2) is 8.07. The van der Waals surface area contributed by atoms with Gasteiger partial charge in [0.15, 0.2) is 0 Å². The van der Waals surface area contributed by atoms with Crippen molar-refractivity contribution in [3.05, 3.63) is 30.1 Å². The van der Waals surface area contributed by atoms with Crippen molar-refractivity contribution >= 4 is 0 Å². The molecule has 0 saturated heterocycles. The van der Waals surface area contributed by atoms with Gasteiger partial charge in [0.2, 0.25) is 0 Å². The highest BCUT2D eigenvalue weighted by Gasteiger charge is 2.03. The van der Waals surface area contributed by atoms with Crippen molar-refractivity contribution in [3.63, 3.8) is 0 Å². The molecular formula is C14H22FNO. The first-order valence-corrected chi connectivity index (χ1v) is 6.35. The molecule has 1 aromatic carbocycles. The maximum Gasteiger partial charge on any atom is 0.126 e. The number of benzene rings is 1. The van der Waals surface area contributed by atoms with Crippen molar-refractivity contribution in [1.29, 1.82) is 0 Å². The summed E-state index contributed by atoms with van der Waals surface area (Å²) in [6, 6.07) is 6.26. The fourth-order valence-electron chi connectivity index (χ4n) is 1.62. The van der Waals surface area contributed by atoms with E-state index in [1.807, 2.05) is 6.92 Å². The topological polar surface area (TPSA) is 21.3 Å². The van der Waals surface area contributed by atoms with Crippen molar-refractivity contribution in [2.75, 3.05) is 13.1 Å². The van der Waals surface area contributed by atoms with E-state index in [0.717, 1.165) is 13.1 Å². The van der Waals surface area contributed by atoms with Gasteiger partial charge in [0.05, 0.1) is 0 Å². The summed E-state index contributed by atoms with van der Waals surface area (Å²) in [5.74, 6) is 0.332. The van der Waals surface area contributed by atoms with Gasteiger partial charge in [-0.1, -0.05) is 25.8 Å². The maximum absolute atomic E-state index is 12.9. The molecule has 1 unspecified atom stereocenters. The van der Waals surface area contributed by atoms with Gasteiger partial charge in [-0.15, -0.1) is 0 Å². The molecule has 0 aliphatic heterocycles. The summed E-state index contributed by atoms with van der Waals surface area (Å²) in [6.45, 7) is 5.98. The Morgan fingerprint density at radius 3 is 2.88 bits per heavy atom. The van der Waals surface area contributed by atoms with Crippen LogP contribution in [-0.2, 0) is 0 Å². The average Bonchev–Trinajstić information content (AvgIpc) is 2.29. The molecule has 1 aromatic rings. The van der Waals surface area contributed by atoms with Gasteiger partial charge in [0, 0.05) is 12.6 Å². The quantitative estimate of drug-likeness (QED) is 0.702. The van der Waals surface area contributed by atoms with E-state index in [0.29, 0.717) is 5.75 Å². The summed E-state index contributed by atoms with van der Waals surface area (Å²) in [5, 5.41) is 3.34. The lowest BCUT2D eigenvalue weighted by Crippen LogP contribution is -2.29. The summed E-state index contributed by atoms with van der Waals surface area (Å²) in [6.07, 6.45) is 3.74. The first kappa shape index (κ1) is 14.0. The van der Waals surface area contributed by atoms with E-state index < -0.39 is 0 Å². The summed E-state index contributed by atoms with van der Waals surface area (Å²) < 4.78 is 18.5. The lowest BCUT2D eigenvalue weighted by molar-refractivity contribution is 0.216. The van der Waals surface area contributed by atoms with E-state index in [-0.39, 0.29) is 11.9 Å². The van der Waals surface area contributed by atoms with Crippen molar-refractivity contribution in [2.24, 2.45) is 0 Å². The second-order valence-corrected chi connectivity index (χ2v) is 4.30. The predicted octanol–water partition coefficient (Wildman–Crippen LogP) is 3.37. The fourth-order valence-corrected chi connectivity index (χ4v) is 1.62. The zero-order valence-corrected chi connectivity index (χ0v) is 10.7. The van der Waals surface area contributed by atoms with Crippen molar-refractivity contribution in [2.45, 2.75) is 39.2 Å². The normalized spacial score (nSPS) is 12.4. The van der Waals surface area contributed by atoms with E-state index in [4.69, 9.17) is 4.74 Å². The number of unbranched alkanes of at least 4 members (excludes halogenated alkanes) is 2. The average molecular weight is 239 g/mol. The molecule has 1 atom stereocenters. The second-order valence-electron chi connectivity index (χ2n) is 4.30. The van der Waals surface area contributed by atoms with Crippen LogP contribution >= 0.6 is 0 Å². The van der Waals surface area contributed by atoms with Gasteiger partial charge in [-0.05, 0) is 32.0 Å². The molecule has 0 spiro atoms. The van der Waals surface area contributed by atoms with Gasteiger partial charge in [-0.2, -0.15) is 0 Å². The Morgan fingerprint density at radius 1 is 1.35 bits per heavy atom. The molecule has 1 rings (SSSR count). The van der Waals surface area contributed by atoms with Crippen LogP contribution < -0.4 is 10.1 Å². The summed E-state index contributed by atoms with van der Waals surface area (Å²) in [4.78, 5) is 0. The number of halogens is 1. The number of hydrogen-bond donors (Lipinski definition) is 1. The monoisotopic (exact) mass is 239 g/mol. The first-order valence-electron chi connectivity index (χ1n) is 6.35. The highest BCUT2D eigenvalue weighted by atomic mass is 19.1. The third kappa shape index (κ3) is 6.27. The third-order valence-corrected chi connectivity index (χ3v) is 2.52. The van der Waals surface area contributed by atoms with Crippen molar-refractivity contribution in [3.8, 4) is 5.75 Å². The molecule has 0 amide bonds. The van der Waals surface area contributed by atoms with E-state index >= 15 is 0 Å². The lowest BCUT2D eigenvalue weighted by Gasteiger charge is -2.15. The smallest absolute Gasteiger partial charge is 0.126 e. The Labute approximate surface area is 103 Å². The minimum Gasteiger partial charge on any atom is -0.489 e. The Hall–Kier alpha value is -1.09. The molecule has 96 valence electrons. The van der Waals surface area contributed by atoms with Gasteiger partial charge >= 0.3 is 0 Å².